The molecule has 1 aromatic rings. The Morgan fingerprint density at radius 1 is 1.13 bits per heavy atom. The zero-order valence-electron chi connectivity index (χ0n) is 18.3. The summed E-state index contributed by atoms with van der Waals surface area (Å²) in [6.45, 7) is 6.71. The third kappa shape index (κ3) is 10.4. The topological polar surface area (TPSA) is 152 Å². The Labute approximate surface area is 181 Å². The number of carbonyl (C=O) groups is 4. The minimum Gasteiger partial charge on any atom is -0.461 e. The van der Waals surface area contributed by atoms with Gasteiger partial charge < -0.3 is 14.8 Å². The van der Waals surface area contributed by atoms with E-state index < -0.39 is 35.8 Å². The molecule has 0 saturated carbocycles. The SMILES string of the molecule is CCC(=O)N(N[C@@H](CCC(=O)OCc1ccccc1)NC(=O)OC(C)(C)C)C(=O)NN. The molecule has 1 aromatic carbocycles. The number of ether oxygens (including phenoxy) is 2. The third-order valence-corrected chi connectivity index (χ3v) is 3.73. The van der Waals surface area contributed by atoms with Crippen LogP contribution in [0.1, 0.15) is 52.5 Å². The predicted octanol–water partition coefficient (Wildman–Crippen LogP) is 1.69. The van der Waals surface area contributed by atoms with Crippen molar-refractivity contribution < 1.29 is 28.7 Å². The maximum atomic E-state index is 12.2. The number of rotatable bonds is 9. The van der Waals surface area contributed by atoms with Crippen molar-refractivity contribution >= 4 is 24.0 Å². The van der Waals surface area contributed by atoms with Gasteiger partial charge in [0.1, 0.15) is 18.4 Å². The average Bonchev–Trinajstić information content (AvgIpc) is 2.72. The minimum atomic E-state index is -0.994. The van der Waals surface area contributed by atoms with Crippen LogP contribution >= 0.6 is 0 Å². The first-order valence-electron chi connectivity index (χ1n) is 9.84. The Morgan fingerprint density at radius 3 is 2.32 bits per heavy atom. The van der Waals surface area contributed by atoms with Crippen molar-refractivity contribution in [2.75, 3.05) is 0 Å². The van der Waals surface area contributed by atoms with E-state index in [-0.39, 0.29) is 25.9 Å². The van der Waals surface area contributed by atoms with E-state index in [1.165, 1.54) is 0 Å². The molecule has 5 N–H and O–H groups in total. The van der Waals surface area contributed by atoms with Crippen LogP contribution in [-0.2, 0) is 25.7 Å². The number of urea groups is 1. The van der Waals surface area contributed by atoms with Crippen LogP contribution in [0.3, 0.4) is 0 Å². The summed E-state index contributed by atoms with van der Waals surface area (Å²) in [6, 6.07) is 8.23. The van der Waals surface area contributed by atoms with E-state index in [4.69, 9.17) is 15.3 Å². The fraction of sp³-hybridized carbons (Fsp3) is 0.500. The van der Waals surface area contributed by atoms with Gasteiger partial charge in [0.05, 0.1) is 0 Å². The molecule has 0 radical (unpaired) electrons. The van der Waals surface area contributed by atoms with Crippen molar-refractivity contribution in [1.29, 1.82) is 0 Å². The van der Waals surface area contributed by atoms with E-state index in [2.05, 4.69) is 10.7 Å². The first-order valence-corrected chi connectivity index (χ1v) is 9.84. The maximum Gasteiger partial charge on any atom is 0.408 e. The summed E-state index contributed by atoms with van der Waals surface area (Å²) in [5.74, 6) is 4.02. The van der Waals surface area contributed by atoms with Crippen LogP contribution in [0.15, 0.2) is 30.3 Å². The lowest BCUT2D eigenvalue weighted by Crippen LogP contribution is -2.60. The molecule has 0 aliphatic rings. The second kappa shape index (κ2) is 12.5. The Kier molecular flexibility index (Phi) is 10.4. The fourth-order valence-corrected chi connectivity index (χ4v) is 2.31. The van der Waals surface area contributed by atoms with Gasteiger partial charge in [-0.05, 0) is 32.8 Å². The number of hydrogen-bond acceptors (Lipinski definition) is 8. The lowest BCUT2D eigenvalue weighted by Gasteiger charge is -2.28. The fourth-order valence-electron chi connectivity index (χ4n) is 2.31. The number of hydrogen-bond donors (Lipinski definition) is 4. The lowest BCUT2D eigenvalue weighted by molar-refractivity contribution is -0.145. The molecule has 0 unspecified atom stereocenters. The number of nitrogens with two attached hydrogens (primary N) is 1. The summed E-state index contributed by atoms with van der Waals surface area (Å²) < 4.78 is 10.4. The highest BCUT2D eigenvalue weighted by atomic mass is 16.6. The molecule has 31 heavy (non-hydrogen) atoms. The van der Waals surface area contributed by atoms with E-state index in [0.717, 1.165) is 5.56 Å². The summed E-state index contributed by atoms with van der Waals surface area (Å²) in [7, 11) is 0. The second-order valence-electron chi connectivity index (χ2n) is 7.55. The van der Waals surface area contributed by atoms with E-state index >= 15 is 0 Å². The molecular formula is C20H31N5O6. The zero-order valence-corrected chi connectivity index (χ0v) is 18.3. The van der Waals surface area contributed by atoms with Crippen LogP contribution in [-0.4, -0.2) is 40.8 Å². The van der Waals surface area contributed by atoms with Crippen molar-refractivity contribution in [2.45, 2.75) is 65.3 Å². The summed E-state index contributed by atoms with van der Waals surface area (Å²) in [6.07, 6.45) is -1.87. The number of imide groups is 1. The molecular weight excluding hydrogens is 406 g/mol. The first kappa shape index (κ1) is 25.9. The van der Waals surface area contributed by atoms with Gasteiger partial charge in [0, 0.05) is 12.8 Å². The summed E-state index contributed by atoms with van der Waals surface area (Å²) in [4.78, 5) is 48.3. The number of amides is 4. The van der Waals surface area contributed by atoms with Gasteiger partial charge in [-0.2, -0.15) is 5.01 Å². The molecule has 0 heterocycles. The lowest BCUT2D eigenvalue weighted by atomic mass is 10.2. The number of hydrazine groups is 2. The molecule has 1 rings (SSSR count). The molecule has 11 heteroatoms. The van der Waals surface area contributed by atoms with Gasteiger partial charge in [-0.25, -0.2) is 20.9 Å². The van der Waals surface area contributed by atoms with Crippen molar-refractivity contribution in [2.24, 2.45) is 5.84 Å². The number of nitrogens with zero attached hydrogens (tertiary/aromatic N) is 1. The molecule has 0 fully saturated rings. The van der Waals surface area contributed by atoms with E-state index in [1.807, 2.05) is 35.8 Å². The molecule has 0 aliphatic carbocycles. The molecule has 1 atom stereocenters. The normalized spacial score (nSPS) is 11.8. The highest BCUT2D eigenvalue weighted by molar-refractivity contribution is 5.93. The van der Waals surface area contributed by atoms with Crippen LogP contribution in [0.25, 0.3) is 0 Å². The summed E-state index contributed by atoms with van der Waals surface area (Å²) in [5, 5.41) is 3.13. The average molecular weight is 437 g/mol. The standard InChI is InChI=1S/C20H31N5O6/c1-5-16(26)25(18(28)23-21)24-15(22-19(29)31-20(2,3)4)11-12-17(27)30-13-14-9-7-6-8-10-14/h6-10,15,24H,5,11-13,21H2,1-4H3,(H,22,29)(H,23,28)/t15-/m0/s1. The molecule has 0 saturated heterocycles. The Morgan fingerprint density at radius 2 is 1.77 bits per heavy atom. The zero-order chi connectivity index (χ0) is 23.4. The summed E-state index contributed by atoms with van der Waals surface area (Å²) in [5.41, 5.74) is 4.49. The van der Waals surface area contributed by atoms with Crippen molar-refractivity contribution in [3.8, 4) is 0 Å². The minimum absolute atomic E-state index is 0.00129. The Hall–Kier alpha value is -3.18. The van der Waals surface area contributed by atoms with Gasteiger partial charge in [-0.15, -0.1) is 0 Å². The molecule has 0 aliphatic heterocycles. The van der Waals surface area contributed by atoms with Gasteiger partial charge in [-0.3, -0.25) is 15.0 Å². The van der Waals surface area contributed by atoms with Crippen LogP contribution in [0, 0.1) is 0 Å². The van der Waals surface area contributed by atoms with E-state index in [0.29, 0.717) is 5.01 Å². The highest BCUT2D eigenvalue weighted by Gasteiger charge is 2.26. The number of nitrogens with one attached hydrogen (secondary N) is 3. The number of carbonyl (C=O) groups excluding carboxylic acids is 4. The van der Waals surface area contributed by atoms with Gasteiger partial charge in [-0.1, -0.05) is 37.3 Å². The van der Waals surface area contributed by atoms with Crippen molar-refractivity contribution in [3.63, 3.8) is 0 Å². The molecule has 11 nitrogen and oxygen atoms in total. The quantitative estimate of drug-likeness (QED) is 0.150. The first-order chi connectivity index (χ1) is 14.6. The van der Waals surface area contributed by atoms with Gasteiger partial charge in [0.2, 0.25) is 5.91 Å². The van der Waals surface area contributed by atoms with Crippen LogP contribution in [0.4, 0.5) is 9.59 Å². The Bertz CT molecular complexity index is 734. The second-order valence-corrected chi connectivity index (χ2v) is 7.55. The van der Waals surface area contributed by atoms with Crippen LogP contribution in [0.2, 0.25) is 0 Å². The number of benzene rings is 1. The maximum absolute atomic E-state index is 12.2. The molecule has 0 bridgehead atoms. The smallest absolute Gasteiger partial charge is 0.408 e. The highest BCUT2D eigenvalue weighted by Crippen LogP contribution is 2.09. The van der Waals surface area contributed by atoms with Gasteiger partial charge >= 0.3 is 18.1 Å². The molecule has 0 spiro atoms. The van der Waals surface area contributed by atoms with Gasteiger partial charge in [0.25, 0.3) is 0 Å². The molecule has 0 aromatic heterocycles. The number of alkyl carbamates (subject to hydrolysis) is 1. The monoisotopic (exact) mass is 437 g/mol. The largest absolute Gasteiger partial charge is 0.461 e. The van der Waals surface area contributed by atoms with Crippen LogP contribution in [0.5, 0.6) is 0 Å². The Balaban J connectivity index is 2.78. The van der Waals surface area contributed by atoms with Crippen LogP contribution < -0.4 is 22.0 Å². The van der Waals surface area contributed by atoms with Crippen molar-refractivity contribution in [1.82, 2.24) is 21.2 Å². The molecule has 172 valence electrons. The summed E-state index contributed by atoms with van der Waals surface area (Å²) >= 11 is 0. The van der Waals surface area contributed by atoms with E-state index in [1.54, 1.807) is 27.7 Å². The van der Waals surface area contributed by atoms with Gasteiger partial charge in [0.15, 0.2) is 0 Å². The third-order valence-electron chi connectivity index (χ3n) is 3.73. The number of esters is 1. The van der Waals surface area contributed by atoms with E-state index in [9.17, 15) is 19.2 Å². The molecule has 4 amide bonds. The van der Waals surface area contributed by atoms with Crippen molar-refractivity contribution in [3.05, 3.63) is 35.9 Å². The predicted molar refractivity (Wildman–Crippen MR) is 112 cm³/mol.